The van der Waals surface area contributed by atoms with Gasteiger partial charge in [0.25, 0.3) is 0 Å². The summed E-state index contributed by atoms with van der Waals surface area (Å²) < 4.78 is 17.4. The first-order valence-electron chi connectivity index (χ1n) is 14.8. The summed E-state index contributed by atoms with van der Waals surface area (Å²) >= 11 is 2.07. The van der Waals surface area contributed by atoms with Crippen LogP contribution in [-0.4, -0.2) is 54.3 Å². The van der Waals surface area contributed by atoms with E-state index in [1.807, 2.05) is 25.1 Å². The number of thioether (sulfide) groups is 1. The Morgan fingerprint density at radius 1 is 0.915 bits per heavy atom. The average molecular weight is 674 g/mol. The van der Waals surface area contributed by atoms with Crippen LogP contribution in [0.15, 0.2) is 76.6 Å². The zero-order valence-electron chi connectivity index (χ0n) is 26.0. The largest absolute Gasteiger partial charge is 0.493 e. The minimum atomic E-state index is -0.891. The third-order valence-corrected chi connectivity index (χ3v) is 10.7. The molecule has 1 N–H and O–H groups in total. The number of esters is 1. The molecule has 47 heavy (non-hydrogen) atoms. The molecule has 2 aliphatic heterocycles. The number of imide groups is 1. The number of carbonyl (C=O) groups is 4. The van der Waals surface area contributed by atoms with Crippen molar-refractivity contribution in [3.63, 3.8) is 0 Å². The molecule has 242 valence electrons. The van der Waals surface area contributed by atoms with Crippen LogP contribution in [0.25, 0.3) is 0 Å². The number of fused-ring (bicyclic) bond motifs is 2. The summed E-state index contributed by atoms with van der Waals surface area (Å²) in [7, 11) is 3.01. The van der Waals surface area contributed by atoms with Crippen molar-refractivity contribution in [1.82, 2.24) is 4.57 Å². The van der Waals surface area contributed by atoms with Crippen molar-refractivity contribution in [3.8, 4) is 11.5 Å². The molecule has 11 nitrogen and oxygen atoms in total. The van der Waals surface area contributed by atoms with Gasteiger partial charge in [-0.3, -0.25) is 23.7 Å². The van der Waals surface area contributed by atoms with E-state index in [-0.39, 0.29) is 18.0 Å². The van der Waals surface area contributed by atoms with Gasteiger partial charge in [0.1, 0.15) is 11.8 Å². The molecule has 1 aromatic heterocycles. The third kappa shape index (κ3) is 5.92. The molecule has 0 aliphatic carbocycles. The quantitative estimate of drug-likeness (QED) is 0.196. The normalized spacial score (nSPS) is 18.4. The molecule has 3 aromatic carbocycles. The average Bonchev–Trinajstić information content (AvgIpc) is 3.50. The van der Waals surface area contributed by atoms with Gasteiger partial charge in [0, 0.05) is 16.5 Å². The minimum Gasteiger partial charge on any atom is -0.493 e. The van der Waals surface area contributed by atoms with Crippen molar-refractivity contribution < 1.29 is 33.4 Å². The van der Waals surface area contributed by atoms with Crippen LogP contribution >= 0.6 is 23.1 Å². The molecule has 0 unspecified atom stereocenters. The lowest BCUT2D eigenvalue weighted by atomic mass is 9.83. The number of thiazole rings is 1. The van der Waals surface area contributed by atoms with E-state index in [0.717, 1.165) is 33.6 Å². The zero-order chi connectivity index (χ0) is 33.4. The van der Waals surface area contributed by atoms with Gasteiger partial charge in [-0.05, 0) is 73.5 Å². The molecule has 6 rings (SSSR count). The van der Waals surface area contributed by atoms with E-state index in [1.165, 1.54) is 43.1 Å². The maximum Gasteiger partial charge on any atom is 0.338 e. The molecular formula is C34H31N3O8S2. The van der Waals surface area contributed by atoms with Crippen molar-refractivity contribution in [2.45, 2.75) is 36.6 Å². The van der Waals surface area contributed by atoms with Gasteiger partial charge in [0.2, 0.25) is 17.7 Å². The number of methoxy groups -OCH3 is 2. The van der Waals surface area contributed by atoms with E-state index in [0.29, 0.717) is 43.9 Å². The molecule has 1 saturated heterocycles. The summed E-state index contributed by atoms with van der Waals surface area (Å²) in [4.78, 5) is 68.5. The summed E-state index contributed by atoms with van der Waals surface area (Å²) in [6, 6.07) is 18.7. The Kier molecular flexibility index (Phi) is 8.93. The predicted octanol–water partition coefficient (Wildman–Crippen LogP) is 4.85. The van der Waals surface area contributed by atoms with Crippen LogP contribution < -0.4 is 24.6 Å². The Morgan fingerprint density at radius 3 is 2.34 bits per heavy atom. The molecule has 3 heterocycles. The van der Waals surface area contributed by atoms with E-state index in [1.54, 1.807) is 31.2 Å². The number of ether oxygens (including phenoxy) is 3. The summed E-state index contributed by atoms with van der Waals surface area (Å²) in [6.07, 6.45) is 0. The van der Waals surface area contributed by atoms with Gasteiger partial charge >= 0.3 is 10.8 Å². The number of carbonyl (C=O) groups excluding carboxylic acids is 4. The lowest BCUT2D eigenvalue weighted by Crippen LogP contribution is -2.33. The van der Waals surface area contributed by atoms with Crippen LogP contribution in [0, 0.1) is 12.8 Å². The summed E-state index contributed by atoms with van der Waals surface area (Å²) in [5.41, 5.74) is 2.82. The first-order valence-corrected chi connectivity index (χ1v) is 16.5. The summed E-state index contributed by atoms with van der Waals surface area (Å²) in [5, 5.41) is 2.41. The van der Waals surface area contributed by atoms with Crippen molar-refractivity contribution in [2.24, 2.45) is 5.92 Å². The Balaban J connectivity index is 1.41. The van der Waals surface area contributed by atoms with Crippen LogP contribution in [-0.2, 0) is 25.7 Å². The summed E-state index contributed by atoms with van der Waals surface area (Å²) in [6.45, 7) is 3.55. The number of anilines is 2. The minimum absolute atomic E-state index is 0.213. The lowest BCUT2D eigenvalue weighted by molar-refractivity contribution is -0.122. The second kappa shape index (κ2) is 13.1. The van der Waals surface area contributed by atoms with Crippen LogP contribution in [0.2, 0.25) is 0 Å². The van der Waals surface area contributed by atoms with Gasteiger partial charge in [0.15, 0.2) is 11.5 Å². The molecule has 3 amide bonds. The van der Waals surface area contributed by atoms with E-state index in [9.17, 15) is 24.0 Å². The van der Waals surface area contributed by atoms with Crippen molar-refractivity contribution in [2.75, 3.05) is 31.0 Å². The van der Waals surface area contributed by atoms with Crippen LogP contribution in [0.4, 0.5) is 11.4 Å². The second-order valence-electron chi connectivity index (χ2n) is 11.0. The first-order chi connectivity index (χ1) is 22.6. The Hall–Kier alpha value is -4.88. The number of nitrogens with zero attached hydrogens (tertiary/aromatic N) is 2. The highest BCUT2D eigenvalue weighted by atomic mass is 32.2. The van der Waals surface area contributed by atoms with Crippen molar-refractivity contribution in [3.05, 3.63) is 98.0 Å². The van der Waals surface area contributed by atoms with E-state index in [4.69, 9.17) is 14.2 Å². The molecule has 0 bridgehead atoms. The first kappa shape index (κ1) is 32.1. The Labute approximate surface area is 278 Å². The summed E-state index contributed by atoms with van der Waals surface area (Å²) in [5.74, 6) is -2.47. The number of hydrogen-bond donors (Lipinski definition) is 1. The van der Waals surface area contributed by atoms with Crippen LogP contribution in [0.1, 0.15) is 39.2 Å². The Bertz CT molecular complexity index is 1950. The molecule has 4 aromatic rings. The van der Waals surface area contributed by atoms with Crippen LogP contribution in [0.3, 0.4) is 0 Å². The second-order valence-corrected chi connectivity index (χ2v) is 13.1. The molecule has 2 aliphatic rings. The fourth-order valence-corrected chi connectivity index (χ4v) is 8.72. The monoisotopic (exact) mass is 673 g/mol. The fourth-order valence-electron chi connectivity index (χ4n) is 5.94. The number of amides is 3. The molecule has 1 fully saturated rings. The van der Waals surface area contributed by atoms with Gasteiger partial charge in [0.05, 0.1) is 43.0 Å². The molecule has 0 saturated carbocycles. The number of aryl methyl sites for hydroxylation is 1. The molecule has 13 heteroatoms. The third-order valence-electron chi connectivity index (χ3n) is 8.06. The number of hydrogen-bond acceptors (Lipinski definition) is 10. The topological polar surface area (TPSA) is 133 Å². The highest BCUT2D eigenvalue weighted by Gasteiger charge is 2.57. The van der Waals surface area contributed by atoms with Gasteiger partial charge in [-0.1, -0.05) is 41.3 Å². The fraction of sp³-hybridized carbons (Fsp3) is 0.265. The maximum absolute atomic E-state index is 14.2. The number of nitrogens with one attached hydrogen (secondary N) is 1. The van der Waals surface area contributed by atoms with E-state index in [2.05, 4.69) is 5.32 Å². The van der Waals surface area contributed by atoms with E-state index < -0.39 is 40.8 Å². The van der Waals surface area contributed by atoms with Gasteiger partial charge in [-0.15, -0.1) is 0 Å². The molecule has 0 spiro atoms. The Morgan fingerprint density at radius 2 is 1.66 bits per heavy atom. The van der Waals surface area contributed by atoms with Crippen molar-refractivity contribution in [1.29, 1.82) is 0 Å². The molecular weight excluding hydrogens is 643 g/mol. The molecule has 3 atom stereocenters. The lowest BCUT2D eigenvalue weighted by Gasteiger charge is -2.31. The highest BCUT2D eigenvalue weighted by molar-refractivity contribution is 8.00. The van der Waals surface area contributed by atoms with Gasteiger partial charge in [-0.25, -0.2) is 9.69 Å². The maximum atomic E-state index is 14.2. The highest BCUT2D eigenvalue weighted by Crippen LogP contribution is 2.54. The standard InChI is InChI=1S/C34H31N3O8S2/c1-5-45-33(41)19-9-12-22(13-10-19)37-30(39)27-26(20-11-14-23(43-3)24(16-20)44-4)29-32(46-28(27)31(37)40)36(34(42)47-29)17-25(38)35-21-8-6-7-18(2)15-21/h6-16,26-28H,5,17H2,1-4H3,(H,35,38)/t26-,27-,28+/m0/s1. The number of benzene rings is 3. The number of rotatable bonds is 9. The van der Waals surface area contributed by atoms with Crippen molar-refractivity contribution >= 4 is 58.2 Å². The van der Waals surface area contributed by atoms with E-state index >= 15 is 0 Å². The van der Waals surface area contributed by atoms with Gasteiger partial charge < -0.3 is 19.5 Å². The SMILES string of the molecule is CCOC(=O)c1ccc(N2C(=O)[C@H]3[C@H](c4ccc(OC)c(OC)c4)c4sc(=O)n(CC(=O)Nc5cccc(C)c5)c4S[C@H]3C2=O)cc1. The smallest absolute Gasteiger partial charge is 0.338 e. The number of aromatic nitrogens is 1. The van der Waals surface area contributed by atoms with Gasteiger partial charge in [-0.2, -0.15) is 0 Å². The zero-order valence-corrected chi connectivity index (χ0v) is 27.6. The van der Waals surface area contributed by atoms with Crippen LogP contribution in [0.5, 0.6) is 11.5 Å². The predicted molar refractivity (Wildman–Crippen MR) is 178 cm³/mol. The molecule has 0 radical (unpaired) electrons.